The standard InChI is InChI=1S/C18H19FN4O4S/c1-10-5-4-6-14-17(10)28(26,27)23(18(25)22-14)9-15(24)21-12(3)16-11(2)7-20-8-13(16)19/h4-8,12H,9H2,1-3H3,(H,21,24)(H,22,25)/t12-/m1/s1. The first-order valence-corrected chi connectivity index (χ1v) is 9.89. The van der Waals surface area contributed by atoms with Crippen molar-refractivity contribution in [3.05, 3.63) is 53.1 Å². The number of sulfonamides is 1. The predicted octanol–water partition coefficient (Wildman–Crippen LogP) is 2.25. The molecule has 1 aromatic heterocycles. The van der Waals surface area contributed by atoms with Crippen molar-refractivity contribution in [2.75, 3.05) is 11.9 Å². The fraction of sp³-hybridized carbons (Fsp3) is 0.278. The minimum absolute atomic E-state index is 0.0496. The molecule has 0 radical (unpaired) electrons. The van der Waals surface area contributed by atoms with Crippen LogP contribution in [0.15, 0.2) is 35.5 Å². The van der Waals surface area contributed by atoms with Crippen molar-refractivity contribution >= 4 is 27.6 Å². The van der Waals surface area contributed by atoms with Crippen LogP contribution in [0.2, 0.25) is 0 Å². The fourth-order valence-electron chi connectivity index (χ4n) is 3.23. The molecule has 10 heteroatoms. The van der Waals surface area contributed by atoms with Gasteiger partial charge in [0.25, 0.3) is 10.0 Å². The Bertz CT molecular complexity index is 1050. The maximum absolute atomic E-state index is 14.0. The number of rotatable bonds is 4. The number of nitrogens with one attached hydrogen (secondary N) is 2. The minimum Gasteiger partial charge on any atom is -0.348 e. The smallest absolute Gasteiger partial charge is 0.336 e. The number of urea groups is 1. The van der Waals surface area contributed by atoms with Gasteiger partial charge in [-0.25, -0.2) is 21.9 Å². The summed E-state index contributed by atoms with van der Waals surface area (Å²) in [6.07, 6.45) is 2.50. The molecule has 2 heterocycles. The molecule has 1 aliphatic heterocycles. The molecule has 148 valence electrons. The molecule has 1 aromatic carbocycles. The normalized spacial score (nSPS) is 16.1. The zero-order valence-corrected chi connectivity index (χ0v) is 16.3. The number of aryl methyl sites for hydroxylation is 2. The second kappa shape index (κ2) is 7.19. The van der Waals surface area contributed by atoms with Crippen LogP contribution < -0.4 is 10.6 Å². The van der Waals surface area contributed by atoms with Crippen molar-refractivity contribution in [1.29, 1.82) is 0 Å². The Morgan fingerprint density at radius 2 is 2.00 bits per heavy atom. The predicted molar refractivity (Wildman–Crippen MR) is 99.6 cm³/mol. The highest BCUT2D eigenvalue weighted by Gasteiger charge is 2.39. The van der Waals surface area contributed by atoms with Crippen molar-refractivity contribution in [3.8, 4) is 0 Å². The monoisotopic (exact) mass is 406 g/mol. The van der Waals surface area contributed by atoms with Crippen molar-refractivity contribution in [3.63, 3.8) is 0 Å². The van der Waals surface area contributed by atoms with Gasteiger partial charge in [-0.15, -0.1) is 0 Å². The molecule has 2 N–H and O–H groups in total. The second-order valence-corrected chi connectivity index (χ2v) is 8.33. The highest BCUT2D eigenvalue weighted by atomic mass is 32.2. The summed E-state index contributed by atoms with van der Waals surface area (Å²) >= 11 is 0. The Labute approximate surface area is 161 Å². The molecule has 3 rings (SSSR count). The van der Waals surface area contributed by atoms with Crippen LogP contribution in [0, 0.1) is 19.7 Å². The van der Waals surface area contributed by atoms with E-state index in [0.717, 1.165) is 6.20 Å². The average molecular weight is 406 g/mol. The molecule has 8 nitrogen and oxygen atoms in total. The number of amides is 3. The lowest BCUT2D eigenvalue weighted by Gasteiger charge is -2.29. The van der Waals surface area contributed by atoms with Crippen molar-refractivity contribution in [2.24, 2.45) is 0 Å². The highest BCUT2D eigenvalue weighted by molar-refractivity contribution is 7.90. The van der Waals surface area contributed by atoms with Gasteiger partial charge >= 0.3 is 6.03 Å². The Balaban J connectivity index is 1.83. The second-order valence-electron chi connectivity index (χ2n) is 6.53. The molecule has 0 spiro atoms. The quantitative estimate of drug-likeness (QED) is 0.810. The van der Waals surface area contributed by atoms with E-state index in [1.54, 1.807) is 32.9 Å². The maximum Gasteiger partial charge on any atom is 0.336 e. The van der Waals surface area contributed by atoms with Gasteiger partial charge in [-0.05, 0) is 38.0 Å². The average Bonchev–Trinajstić information content (AvgIpc) is 2.58. The molecule has 2 aromatic rings. The lowest BCUT2D eigenvalue weighted by atomic mass is 10.0. The molecule has 0 aliphatic carbocycles. The minimum atomic E-state index is -4.20. The number of hydrogen-bond acceptors (Lipinski definition) is 5. The third kappa shape index (κ3) is 3.42. The molecule has 0 fully saturated rings. The molecule has 1 atom stereocenters. The van der Waals surface area contributed by atoms with Crippen molar-refractivity contribution < 1.29 is 22.4 Å². The number of nitrogens with zero attached hydrogens (tertiary/aromatic N) is 2. The zero-order chi connectivity index (χ0) is 20.6. The largest absolute Gasteiger partial charge is 0.348 e. The van der Waals surface area contributed by atoms with Gasteiger partial charge in [0.2, 0.25) is 5.91 Å². The molecule has 28 heavy (non-hydrogen) atoms. The third-order valence-electron chi connectivity index (χ3n) is 4.46. The number of benzene rings is 1. The highest BCUT2D eigenvalue weighted by Crippen LogP contribution is 2.32. The van der Waals surface area contributed by atoms with E-state index in [0.29, 0.717) is 15.4 Å². The number of fused-ring (bicyclic) bond motifs is 1. The van der Waals surface area contributed by atoms with Gasteiger partial charge in [0.15, 0.2) is 0 Å². The summed E-state index contributed by atoms with van der Waals surface area (Å²) in [6.45, 7) is 4.09. The Morgan fingerprint density at radius 1 is 1.29 bits per heavy atom. The van der Waals surface area contributed by atoms with Gasteiger partial charge in [-0.3, -0.25) is 9.78 Å². The fourth-order valence-corrected chi connectivity index (χ4v) is 4.87. The molecule has 0 bridgehead atoms. The number of aromatic nitrogens is 1. The van der Waals surface area contributed by atoms with Crippen LogP contribution in [-0.4, -0.2) is 36.2 Å². The summed E-state index contributed by atoms with van der Waals surface area (Å²) in [5, 5.41) is 5.00. The van der Waals surface area contributed by atoms with Crippen LogP contribution in [0.4, 0.5) is 14.9 Å². The molecule has 0 saturated heterocycles. The summed E-state index contributed by atoms with van der Waals surface area (Å²) in [6, 6.07) is 3.04. The van der Waals surface area contributed by atoms with Crippen LogP contribution in [0.1, 0.15) is 29.7 Å². The summed E-state index contributed by atoms with van der Waals surface area (Å²) in [5.74, 6) is -1.32. The van der Waals surface area contributed by atoms with Crippen molar-refractivity contribution in [2.45, 2.75) is 31.7 Å². The molecule has 3 amide bonds. The van der Waals surface area contributed by atoms with Crippen LogP contribution in [0.3, 0.4) is 0 Å². The molecular formula is C18H19FN4O4S. The first-order chi connectivity index (χ1) is 13.1. The van der Waals surface area contributed by atoms with Gasteiger partial charge in [-0.1, -0.05) is 12.1 Å². The van der Waals surface area contributed by atoms with Crippen LogP contribution >= 0.6 is 0 Å². The number of pyridine rings is 1. The summed E-state index contributed by atoms with van der Waals surface area (Å²) < 4.78 is 40.2. The van der Waals surface area contributed by atoms with Gasteiger partial charge in [0.1, 0.15) is 17.3 Å². The van der Waals surface area contributed by atoms with E-state index in [1.807, 2.05) is 0 Å². The Hall–Kier alpha value is -3.01. The third-order valence-corrected chi connectivity index (χ3v) is 6.40. The van der Waals surface area contributed by atoms with Gasteiger partial charge in [0, 0.05) is 11.8 Å². The Kier molecular flexibility index (Phi) is 5.07. The number of halogens is 1. The zero-order valence-electron chi connectivity index (χ0n) is 15.5. The van der Waals surface area contributed by atoms with E-state index in [4.69, 9.17) is 0 Å². The van der Waals surface area contributed by atoms with Gasteiger partial charge < -0.3 is 10.6 Å². The first-order valence-electron chi connectivity index (χ1n) is 8.45. The van der Waals surface area contributed by atoms with Crippen LogP contribution in [-0.2, 0) is 14.8 Å². The number of anilines is 1. The van der Waals surface area contributed by atoms with E-state index in [2.05, 4.69) is 15.6 Å². The maximum atomic E-state index is 14.0. The molecule has 0 unspecified atom stereocenters. The Morgan fingerprint density at radius 3 is 2.68 bits per heavy atom. The number of hydrogen-bond donors (Lipinski definition) is 2. The van der Waals surface area contributed by atoms with Crippen molar-refractivity contribution in [1.82, 2.24) is 14.6 Å². The summed E-state index contributed by atoms with van der Waals surface area (Å²) in [5.41, 5.74) is 1.41. The van der Waals surface area contributed by atoms with Gasteiger partial charge in [0.05, 0.1) is 17.9 Å². The lowest BCUT2D eigenvalue weighted by Crippen LogP contribution is -2.49. The summed E-state index contributed by atoms with van der Waals surface area (Å²) in [7, 11) is -4.20. The van der Waals surface area contributed by atoms with E-state index in [9.17, 15) is 22.4 Å². The van der Waals surface area contributed by atoms with E-state index >= 15 is 0 Å². The van der Waals surface area contributed by atoms with E-state index in [-0.39, 0.29) is 16.1 Å². The van der Waals surface area contributed by atoms with E-state index in [1.165, 1.54) is 12.3 Å². The van der Waals surface area contributed by atoms with Gasteiger partial charge in [-0.2, -0.15) is 0 Å². The molecule has 1 aliphatic rings. The van der Waals surface area contributed by atoms with E-state index < -0.39 is 40.4 Å². The molecule has 0 saturated carbocycles. The number of carbonyl (C=O) groups is 2. The van der Waals surface area contributed by atoms with Crippen LogP contribution in [0.5, 0.6) is 0 Å². The topological polar surface area (TPSA) is 108 Å². The first kappa shape index (κ1) is 19.7. The SMILES string of the molecule is Cc1cncc(F)c1[C@@H](C)NC(=O)CN1C(=O)Nc2cccc(C)c2S1(=O)=O. The lowest BCUT2D eigenvalue weighted by molar-refractivity contribution is -0.121. The number of carbonyl (C=O) groups excluding carboxylic acids is 2. The molecular weight excluding hydrogens is 387 g/mol. The van der Waals surface area contributed by atoms with Crippen LogP contribution in [0.25, 0.3) is 0 Å². The summed E-state index contributed by atoms with van der Waals surface area (Å²) in [4.78, 5) is 28.4.